The van der Waals surface area contributed by atoms with E-state index >= 15 is 0 Å². The number of aromatic hydroxyl groups is 1. The molecule has 3 N–H and O–H groups in total. The molecule has 3 amide bonds. The summed E-state index contributed by atoms with van der Waals surface area (Å²) < 4.78 is 5.37. The normalized spacial score (nSPS) is 13.0. The smallest absolute Gasteiger partial charge is 0.408 e. The van der Waals surface area contributed by atoms with Crippen LogP contribution < -0.4 is 10.6 Å². The Balaban J connectivity index is 2.38. The number of amides is 3. The number of rotatable bonds is 10. The number of hydrogen-bond acceptors (Lipinski definition) is 5. The zero-order valence-corrected chi connectivity index (χ0v) is 22.1. The van der Waals surface area contributed by atoms with Crippen LogP contribution in [0, 0.1) is 5.92 Å². The summed E-state index contributed by atoms with van der Waals surface area (Å²) in [7, 11) is 0. The Morgan fingerprint density at radius 1 is 1.00 bits per heavy atom. The van der Waals surface area contributed by atoms with Crippen LogP contribution in [0.1, 0.15) is 65.1 Å². The monoisotopic (exact) mass is 497 g/mol. The molecule has 8 heteroatoms. The largest absolute Gasteiger partial charge is 0.508 e. The van der Waals surface area contributed by atoms with Gasteiger partial charge in [0.2, 0.25) is 11.8 Å². The topological polar surface area (TPSA) is 108 Å². The number of para-hydroxylation sites is 1. The first-order chi connectivity index (χ1) is 16.9. The van der Waals surface area contributed by atoms with Crippen LogP contribution in [-0.4, -0.2) is 46.1 Å². The number of carbonyl (C=O) groups excluding carboxylic acids is 3. The average molecular weight is 498 g/mol. The molecule has 0 aromatic heterocycles. The van der Waals surface area contributed by atoms with Crippen LogP contribution in [0.25, 0.3) is 0 Å². The molecule has 0 saturated carbocycles. The first-order valence-electron chi connectivity index (χ1n) is 12.3. The third-order valence-corrected chi connectivity index (χ3v) is 5.42. The van der Waals surface area contributed by atoms with Crippen LogP contribution in [-0.2, 0) is 20.9 Å². The highest BCUT2D eigenvalue weighted by Gasteiger charge is 2.36. The van der Waals surface area contributed by atoms with Gasteiger partial charge in [-0.3, -0.25) is 9.59 Å². The summed E-state index contributed by atoms with van der Waals surface area (Å²) in [5.74, 6) is -0.872. The molecule has 0 radical (unpaired) electrons. The second-order valence-electron chi connectivity index (χ2n) is 10.1. The highest BCUT2D eigenvalue weighted by Crippen LogP contribution is 2.30. The van der Waals surface area contributed by atoms with Crippen LogP contribution in [0.3, 0.4) is 0 Å². The highest BCUT2D eigenvalue weighted by atomic mass is 16.6. The van der Waals surface area contributed by atoms with Gasteiger partial charge < -0.3 is 25.4 Å². The Bertz CT molecular complexity index is 1020. The lowest BCUT2D eigenvalue weighted by atomic mass is 9.98. The van der Waals surface area contributed by atoms with Crippen molar-refractivity contribution in [3.63, 3.8) is 0 Å². The SMILES string of the molecule is CCN(C(=O)C(CC(C)C)NC(=O)OC(C)(C)C)C(C(=O)NCc1ccccc1)c1ccccc1O. The molecule has 2 atom stereocenters. The predicted octanol–water partition coefficient (Wildman–Crippen LogP) is 4.54. The average Bonchev–Trinajstić information content (AvgIpc) is 2.80. The summed E-state index contributed by atoms with van der Waals surface area (Å²) in [4.78, 5) is 41.2. The molecule has 0 spiro atoms. The van der Waals surface area contributed by atoms with E-state index in [0.29, 0.717) is 12.0 Å². The van der Waals surface area contributed by atoms with Gasteiger partial charge in [0, 0.05) is 18.7 Å². The van der Waals surface area contributed by atoms with Gasteiger partial charge in [0.15, 0.2) is 0 Å². The molecule has 196 valence electrons. The van der Waals surface area contributed by atoms with E-state index in [1.165, 1.54) is 11.0 Å². The van der Waals surface area contributed by atoms with Crippen molar-refractivity contribution < 1.29 is 24.2 Å². The van der Waals surface area contributed by atoms with E-state index in [1.54, 1.807) is 45.9 Å². The predicted molar refractivity (Wildman–Crippen MR) is 139 cm³/mol. The van der Waals surface area contributed by atoms with E-state index in [1.807, 2.05) is 44.2 Å². The number of nitrogens with one attached hydrogen (secondary N) is 2. The molecule has 0 aliphatic heterocycles. The van der Waals surface area contributed by atoms with Crippen molar-refractivity contribution in [2.75, 3.05) is 6.54 Å². The molecule has 0 aliphatic carbocycles. The number of nitrogens with zero attached hydrogens (tertiary/aromatic N) is 1. The van der Waals surface area contributed by atoms with Gasteiger partial charge in [0.1, 0.15) is 23.4 Å². The lowest BCUT2D eigenvalue weighted by Gasteiger charge is -2.34. The minimum absolute atomic E-state index is 0.0862. The number of carbonyl (C=O) groups is 3. The van der Waals surface area contributed by atoms with E-state index in [2.05, 4.69) is 10.6 Å². The van der Waals surface area contributed by atoms with Gasteiger partial charge in [-0.15, -0.1) is 0 Å². The Hall–Kier alpha value is -3.55. The zero-order valence-electron chi connectivity index (χ0n) is 22.1. The maximum absolute atomic E-state index is 13.8. The van der Waals surface area contributed by atoms with Gasteiger partial charge in [-0.1, -0.05) is 62.4 Å². The fraction of sp³-hybridized carbons (Fsp3) is 0.464. The third kappa shape index (κ3) is 8.59. The lowest BCUT2D eigenvalue weighted by Crippen LogP contribution is -2.53. The lowest BCUT2D eigenvalue weighted by molar-refractivity contribution is -0.142. The minimum atomic E-state index is -1.09. The molecule has 2 unspecified atom stereocenters. The van der Waals surface area contributed by atoms with Crippen molar-refractivity contribution in [3.8, 4) is 5.75 Å². The maximum Gasteiger partial charge on any atom is 0.408 e. The van der Waals surface area contributed by atoms with Crippen molar-refractivity contribution in [1.82, 2.24) is 15.5 Å². The standard InChI is InChI=1S/C28H39N3O5/c1-7-31(26(34)22(17-19(2)3)30-27(35)36-28(4,5)6)24(21-15-11-12-16-23(21)32)25(33)29-18-20-13-9-8-10-14-20/h8-16,19,22,24,32H,7,17-18H2,1-6H3,(H,29,33)(H,30,35). The van der Waals surface area contributed by atoms with Crippen molar-refractivity contribution in [1.29, 1.82) is 0 Å². The number of phenolic OH excluding ortho intramolecular Hbond substituents is 1. The highest BCUT2D eigenvalue weighted by molar-refractivity contribution is 5.92. The minimum Gasteiger partial charge on any atom is -0.508 e. The first kappa shape index (κ1) is 28.7. The van der Waals surface area contributed by atoms with Gasteiger partial charge >= 0.3 is 6.09 Å². The number of alkyl carbamates (subject to hydrolysis) is 1. The van der Waals surface area contributed by atoms with Crippen molar-refractivity contribution in [3.05, 3.63) is 65.7 Å². The molecule has 0 aliphatic rings. The van der Waals surface area contributed by atoms with Gasteiger partial charge in [0.25, 0.3) is 0 Å². The third-order valence-electron chi connectivity index (χ3n) is 5.42. The summed E-state index contributed by atoms with van der Waals surface area (Å²) in [6, 6.07) is 13.9. The summed E-state index contributed by atoms with van der Waals surface area (Å²) in [5.41, 5.74) is 0.481. The Kier molecular flexibility index (Phi) is 10.3. The second kappa shape index (κ2) is 13.0. The molecular formula is C28H39N3O5. The number of phenols is 1. The maximum atomic E-state index is 13.8. The molecule has 0 fully saturated rings. The molecular weight excluding hydrogens is 458 g/mol. The zero-order chi connectivity index (χ0) is 26.9. The molecule has 36 heavy (non-hydrogen) atoms. The number of hydrogen-bond donors (Lipinski definition) is 3. The summed E-state index contributed by atoms with van der Waals surface area (Å²) in [5, 5.41) is 16.2. The van der Waals surface area contributed by atoms with E-state index in [9.17, 15) is 19.5 Å². The van der Waals surface area contributed by atoms with E-state index < -0.39 is 35.6 Å². The first-order valence-corrected chi connectivity index (χ1v) is 12.3. The second-order valence-corrected chi connectivity index (χ2v) is 10.1. The van der Waals surface area contributed by atoms with Crippen LogP contribution >= 0.6 is 0 Å². The van der Waals surface area contributed by atoms with Crippen LogP contribution in [0.15, 0.2) is 54.6 Å². The van der Waals surface area contributed by atoms with Crippen molar-refractivity contribution >= 4 is 17.9 Å². The molecule has 0 saturated heterocycles. The van der Waals surface area contributed by atoms with Gasteiger partial charge in [-0.25, -0.2) is 4.79 Å². The molecule has 0 bridgehead atoms. The Labute approximate surface area is 214 Å². The quantitative estimate of drug-likeness (QED) is 0.447. The molecule has 0 heterocycles. The summed E-state index contributed by atoms with van der Waals surface area (Å²) in [6.45, 7) is 11.3. The van der Waals surface area contributed by atoms with Gasteiger partial charge in [0.05, 0.1) is 0 Å². The molecule has 8 nitrogen and oxygen atoms in total. The number of benzene rings is 2. The Morgan fingerprint density at radius 3 is 2.17 bits per heavy atom. The van der Waals surface area contributed by atoms with Crippen molar-refractivity contribution in [2.24, 2.45) is 5.92 Å². The van der Waals surface area contributed by atoms with E-state index in [0.717, 1.165) is 5.56 Å². The molecule has 2 aromatic rings. The molecule has 2 rings (SSSR count). The number of likely N-dealkylation sites (N-methyl/N-ethyl adjacent to an activating group) is 1. The van der Waals surface area contributed by atoms with Gasteiger partial charge in [-0.2, -0.15) is 0 Å². The van der Waals surface area contributed by atoms with E-state index in [4.69, 9.17) is 4.74 Å². The van der Waals surface area contributed by atoms with Crippen LogP contribution in [0.5, 0.6) is 5.75 Å². The van der Waals surface area contributed by atoms with Crippen molar-refractivity contribution in [2.45, 2.75) is 72.2 Å². The fourth-order valence-corrected chi connectivity index (χ4v) is 3.86. The summed E-state index contributed by atoms with van der Waals surface area (Å²) >= 11 is 0. The van der Waals surface area contributed by atoms with Crippen LogP contribution in [0.4, 0.5) is 4.79 Å². The number of ether oxygens (including phenoxy) is 1. The van der Waals surface area contributed by atoms with E-state index in [-0.39, 0.29) is 24.8 Å². The molecule has 2 aromatic carbocycles. The summed E-state index contributed by atoms with van der Waals surface area (Å²) in [6.07, 6.45) is -0.349. The fourth-order valence-electron chi connectivity index (χ4n) is 3.86. The van der Waals surface area contributed by atoms with Gasteiger partial charge in [-0.05, 0) is 51.7 Å². The Morgan fingerprint density at radius 2 is 1.61 bits per heavy atom. The van der Waals surface area contributed by atoms with Crippen LogP contribution in [0.2, 0.25) is 0 Å².